The summed E-state index contributed by atoms with van der Waals surface area (Å²) < 4.78 is 44.0. The number of hydrogen-bond acceptors (Lipinski definition) is 2. The highest BCUT2D eigenvalue weighted by molar-refractivity contribution is 5.53. The normalized spacial score (nSPS) is 20.0. The van der Waals surface area contributed by atoms with E-state index in [9.17, 15) is 18.3 Å². The lowest BCUT2D eigenvalue weighted by atomic mass is 9.87. The Bertz CT molecular complexity index is 922. The Kier molecular flexibility index (Phi) is 9.28. The van der Waals surface area contributed by atoms with Crippen molar-refractivity contribution < 1.29 is 23.0 Å². The lowest BCUT2D eigenvalue weighted by Crippen LogP contribution is -2.36. The first-order valence-corrected chi connectivity index (χ1v) is 11.9. The molecule has 0 radical (unpaired) electrons. The van der Waals surface area contributed by atoms with Gasteiger partial charge in [0.1, 0.15) is 17.1 Å². The van der Waals surface area contributed by atoms with Gasteiger partial charge < -0.3 is 9.84 Å². The third kappa shape index (κ3) is 7.97. The molecule has 0 aromatic heterocycles. The number of aromatic hydroxyl groups is 1. The number of alkyl halides is 3. The third-order valence-corrected chi connectivity index (χ3v) is 6.80. The average Bonchev–Trinajstić information content (AvgIpc) is 2.72. The van der Waals surface area contributed by atoms with E-state index in [0.29, 0.717) is 18.6 Å². The van der Waals surface area contributed by atoms with Gasteiger partial charge in [0.2, 0.25) is 0 Å². The molecule has 0 bridgehead atoms. The summed E-state index contributed by atoms with van der Waals surface area (Å²) in [6.07, 6.45) is 8.11. The second kappa shape index (κ2) is 11.3. The summed E-state index contributed by atoms with van der Waals surface area (Å²) in [7, 11) is 0. The fourth-order valence-corrected chi connectivity index (χ4v) is 4.15. The van der Waals surface area contributed by atoms with Gasteiger partial charge in [-0.25, -0.2) is 0 Å². The van der Waals surface area contributed by atoms with Crippen molar-refractivity contribution in [3.8, 4) is 11.5 Å². The van der Waals surface area contributed by atoms with Crippen LogP contribution in [-0.4, -0.2) is 16.9 Å². The SMILES string of the molecule is C/C(=C/CC/C(C)=C/CC/C(C)=C/CCC1(C)CCc2cc(O)c(C)c(C)c2O1)C(F)(F)F. The molecule has 1 aliphatic rings. The molecule has 0 fully saturated rings. The van der Waals surface area contributed by atoms with Crippen LogP contribution in [0.5, 0.6) is 11.5 Å². The molecule has 1 N–H and O–H groups in total. The molecule has 2 nitrogen and oxygen atoms in total. The zero-order valence-corrected chi connectivity index (χ0v) is 21.0. The summed E-state index contributed by atoms with van der Waals surface area (Å²) >= 11 is 0. The van der Waals surface area contributed by atoms with Gasteiger partial charge in [-0.1, -0.05) is 29.4 Å². The van der Waals surface area contributed by atoms with Crippen molar-refractivity contribution in [3.63, 3.8) is 0 Å². The van der Waals surface area contributed by atoms with Crippen LogP contribution < -0.4 is 4.74 Å². The van der Waals surface area contributed by atoms with Crippen molar-refractivity contribution in [1.29, 1.82) is 0 Å². The van der Waals surface area contributed by atoms with Crippen molar-refractivity contribution >= 4 is 0 Å². The van der Waals surface area contributed by atoms with Gasteiger partial charge in [-0.3, -0.25) is 0 Å². The molecule has 184 valence electrons. The fraction of sp³-hybridized carbons (Fsp3) is 0.571. The van der Waals surface area contributed by atoms with E-state index >= 15 is 0 Å². The predicted octanol–water partition coefficient (Wildman–Crippen LogP) is 8.83. The van der Waals surface area contributed by atoms with Gasteiger partial charge in [-0.2, -0.15) is 13.2 Å². The van der Waals surface area contributed by atoms with E-state index in [0.717, 1.165) is 73.5 Å². The number of allylic oxidation sites excluding steroid dienone is 6. The van der Waals surface area contributed by atoms with Crippen LogP contribution in [-0.2, 0) is 6.42 Å². The molecular weight excluding hydrogens is 425 g/mol. The number of ether oxygens (including phenoxy) is 1. The van der Waals surface area contributed by atoms with Gasteiger partial charge in [0.25, 0.3) is 0 Å². The van der Waals surface area contributed by atoms with Gasteiger partial charge in [0.05, 0.1) is 0 Å². The van der Waals surface area contributed by atoms with E-state index < -0.39 is 11.7 Å². The van der Waals surface area contributed by atoms with Gasteiger partial charge in [-0.05, 0) is 116 Å². The highest BCUT2D eigenvalue weighted by Gasteiger charge is 2.32. The van der Waals surface area contributed by atoms with Crippen LogP contribution in [0.3, 0.4) is 0 Å². The number of phenolic OH excluding ortho intramolecular Hbond substituents is 1. The first-order valence-electron chi connectivity index (χ1n) is 11.9. The molecule has 1 unspecified atom stereocenters. The summed E-state index contributed by atoms with van der Waals surface area (Å²) in [5, 5.41) is 10.1. The number of rotatable bonds is 9. The third-order valence-electron chi connectivity index (χ3n) is 6.80. The largest absolute Gasteiger partial charge is 0.508 e. The molecular formula is C28H39F3O2. The number of fused-ring (bicyclic) bond motifs is 1. The first-order chi connectivity index (χ1) is 15.3. The van der Waals surface area contributed by atoms with E-state index in [1.165, 1.54) is 11.6 Å². The Morgan fingerprint density at radius 2 is 1.58 bits per heavy atom. The average molecular weight is 465 g/mol. The Hall–Kier alpha value is -2.17. The zero-order valence-electron chi connectivity index (χ0n) is 21.0. The minimum absolute atomic E-state index is 0.212. The van der Waals surface area contributed by atoms with E-state index in [1.54, 1.807) is 0 Å². The first kappa shape index (κ1) is 27.1. The van der Waals surface area contributed by atoms with E-state index in [4.69, 9.17) is 4.74 Å². The minimum Gasteiger partial charge on any atom is -0.508 e. The second-order valence-corrected chi connectivity index (χ2v) is 9.79. The van der Waals surface area contributed by atoms with Crippen molar-refractivity contribution in [3.05, 3.63) is 57.7 Å². The van der Waals surface area contributed by atoms with E-state index in [-0.39, 0.29) is 5.60 Å². The van der Waals surface area contributed by atoms with Crippen molar-refractivity contribution in [1.82, 2.24) is 0 Å². The smallest absolute Gasteiger partial charge is 0.412 e. The Labute approximate surface area is 197 Å². The zero-order chi connectivity index (χ0) is 24.8. The summed E-state index contributed by atoms with van der Waals surface area (Å²) in [5.74, 6) is 1.27. The fourth-order valence-electron chi connectivity index (χ4n) is 4.15. The number of aryl methyl sites for hydroxylation is 1. The molecule has 0 aliphatic carbocycles. The lowest BCUT2D eigenvalue weighted by molar-refractivity contribution is -0.0915. The molecule has 1 atom stereocenters. The van der Waals surface area contributed by atoms with Crippen LogP contribution in [0.2, 0.25) is 0 Å². The molecule has 0 spiro atoms. The highest BCUT2D eigenvalue weighted by atomic mass is 19.4. The topological polar surface area (TPSA) is 29.5 Å². The molecule has 0 saturated carbocycles. The van der Waals surface area contributed by atoms with E-state index in [1.807, 2.05) is 26.8 Å². The Balaban J connectivity index is 1.80. The molecule has 1 aliphatic heterocycles. The number of halogens is 3. The Morgan fingerprint density at radius 3 is 2.18 bits per heavy atom. The summed E-state index contributed by atoms with van der Waals surface area (Å²) in [6, 6.07) is 1.84. The molecule has 2 rings (SSSR count). The summed E-state index contributed by atoms with van der Waals surface area (Å²) in [5.41, 5.74) is 4.72. The Morgan fingerprint density at radius 1 is 1.00 bits per heavy atom. The monoisotopic (exact) mass is 464 g/mol. The van der Waals surface area contributed by atoms with Gasteiger partial charge in [0.15, 0.2) is 0 Å². The summed E-state index contributed by atoms with van der Waals surface area (Å²) in [6.45, 7) is 11.3. The molecule has 33 heavy (non-hydrogen) atoms. The predicted molar refractivity (Wildman–Crippen MR) is 130 cm³/mol. The number of hydrogen-bond donors (Lipinski definition) is 1. The molecule has 1 heterocycles. The van der Waals surface area contributed by atoms with Crippen molar-refractivity contribution in [2.45, 2.75) is 105 Å². The number of benzene rings is 1. The van der Waals surface area contributed by atoms with Crippen LogP contribution in [0.25, 0.3) is 0 Å². The second-order valence-electron chi connectivity index (χ2n) is 9.79. The van der Waals surface area contributed by atoms with Gasteiger partial charge >= 0.3 is 6.18 Å². The maximum absolute atomic E-state index is 12.5. The van der Waals surface area contributed by atoms with Crippen molar-refractivity contribution in [2.75, 3.05) is 0 Å². The molecule has 5 heteroatoms. The van der Waals surface area contributed by atoms with Crippen LogP contribution in [0.4, 0.5) is 13.2 Å². The molecule has 0 amide bonds. The standard InChI is InChI=1S/C28H39F3O2/c1-19(12-8-14-21(3)28(29,30)31)10-7-11-20(2)13-9-16-27(6)17-15-24-18-25(32)22(4)23(5)26(24)33-27/h10,13-14,18,32H,7-9,11-12,15-17H2,1-6H3/b19-10+,20-13+,21-14-. The quantitative estimate of drug-likeness (QED) is 0.370. The van der Waals surface area contributed by atoms with Crippen molar-refractivity contribution in [2.24, 2.45) is 0 Å². The summed E-state index contributed by atoms with van der Waals surface area (Å²) in [4.78, 5) is 0. The van der Waals surface area contributed by atoms with E-state index in [2.05, 4.69) is 26.0 Å². The van der Waals surface area contributed by atoms with Crippen LogP contribution in [0.1, 0.15) is 89.3 Å². The molecule has 0 saturated heterocycles. The van der Waals surface area contributed by atoms with Crippen LogP contribution in [0.15, 0.2) is 41.0 Å². The maximum atomic E-state index is 12.5. The highest BCUT2D eigenvalue weighted by Crippen LogP contribution is 2.41. The molecule has 1 aromatic carbocycles. The maximum Gasteiger partial charge on any atom is 0.412 e. The van der Waals surface area contributed by atoms with Crippen LogP contribution >= 0.6 is 0 Å². The van der Waals surface area contributed by atoms with Crippen LogP contribution in [0, 0.1) is 13.8 Å². The lowest BCUT2D eigenvalue weighted by Gasteiger charge is -2.37. The molecule has 1 aromatic rings. The van der Waals surface area contributed by atoms with Gasteiger partial charge in [-0.15, -0.1) is 0 Å². The minimum atomic E-state index is -4.22. The van der Waals surface area contributed by atoms with Gasteiger partial charge in [0, 0.05) is 5.57 Å². The number of phenols is 1.